The van der Waals surface area contributed by atoms with Gasteiger partial charge in [0.15, 0.2) is 0 Å². The SMILES string of the molecule is COCCN(C)c1ccncc1CNC1CC1. The summed E-state index contributed by atoms with van der Waals surface area (Å²) < 4.78 is 5.11. The third-order valence-corrected chi connectivity index (χ3v) is 3.08. The van der Waals surface area contributed by atoms with Gasteiger partial charge in [-0.25, -0.2) is 0 Å². The number of anilines is 1. The number of hydrogen-bond donors (Lipinski definition) is 1. The summed E-state index contributed by atoms with van der Waals surface area (Å²) in [4.78, 5) is 6.43. The van der Waals surface area contributed by atoms with E-state index in [-0.39, 0.29) is 0 Å². The fraction of sp³-hybridized carbons (Fsp3) is 0.615. The standard InChI is InChI=1S/C13H21N3O/c1-16(7-8-17-2)13-5-6-14-9-11(13)10-15-12-3-4-12/h5-6,9,12,15H,3-4,7-8,10H2,1-2H3. The van der Waals surface area contributed by atoms with Crippen LogP contribution in [-0.2, 0) is 11.3 Å². The molecule has 0 bridgehead atoms. The van der Waals surface area contributed by atoms with Crippen LogP contribution in [0.2, 0.25) is 0 Å². The molecule has 1 saturated carbocycles. The van der Waals surface area contributed by atoms with Gasteiger partial charge in [-0.1, -0.05) is 0 Å². The molecule has 0 aliphatic heterocycles. The van der Waals surface area contributed by atoms with Crippen LogP contribution in [0.15, 0.2) is 18.5 Å². The van der Waals surface area contributed by atoms with Crippen molar-refractivity contribution in [2.24, 2.45) is 0 Å². The second kappa shape index (κ2) is 5.98. The van der Waals surface area contributed by atoms with Gasteiger partial charge in [0.05, 0.1) is 6.61 Å². The van der Waals surface area contributed by atoms with Crippen LogP contribution in [0.25, 0.3) is 0 Å². The first kappa shape index (κ1) is 12.3. The van der Waals surface area contributed by atoms with Crippen LogP contribution in [-0.4, -0.2) is 38.3 Å². The Morgan fingerprint density at radius 1 is 1.53 bits per heavy atom. The van der Waals surface area contributed by atoms with Crippen LogP contribution >= 0.6 is 0 Å². The molecule has 2 rings (SSSR count). The van der Waals surface area contributed by atoms with Crippen molar-refractivity contribution in [3.05, 3.63) is 24.0 Å². The first-order chi connectivity index (χ1) is 8.31. The van der Waals surface area contributed by atoms with Crippen LogP contribution in [0.3, 0.4) is 0 Å². The van der Waals surface area contributed by atoms with Gasteiger partial charge >= 0.3 is 0 Å². The summed E-state index contributed by atoms with van der Waals surface area (Å²) in [5.41, 5.74) is 2.50. The third-order valence-electron chi connectivity index (χ3n) is 3.08. The van der Waals surface area contributed by atoms with E-state index >= 15 is 0 Å². The summed E-state index contributed by atoms with van der Waals surface area (Å²) in [5.74, 6) is 0. The lowest BCUT2D eigenvalue weighted by molar-refractivity contribution is 0.206. The van der Waals surface area contributed by atoms with Gasteiger partial charge in [0.1, 0.15) is 0 Å². The Bertz CT molecular complexity index is 352. The molecule has 0 aromatic carbocycles. The molecule has 17 heavy (non-hydrogen) atoms. The molecule has 1 aromatic rings. The lowest BCUT2D eigenvalue weighted by Gasteiger charge is -2.22. The van der Waals surface area contributed by atoms with Gasteiger partial charge in [-0.15, -0.1) is 0 Å². The molecule has 0 saturated heterocycles. The van der Waals surface area contributed by atoms with Crippen molar-refractivity contribution < 1.29 is 4.74 Å². The maximum Gasteiger partial charge on any atom is 0.0637 e. The minimum atomic E-state index is 0.729. The maximum absolute atomic E-state index is 5.11. The average Bonchev–Trinajstić information content (AvgIpc) is 3.18. The highest BCUT2D eigenvalue weighted by molar-refractivity contribution is 5.51. The monoisotopic (exact) mass is 235 g/mol. The Hall–Kier alpha value is -1.13. The van der Waals surface area contributed by atoms with Crippen LogP contribution in [0, 0.1) is 0 Å². The van der Waals surface area contributed by atoms with E-state index in [1.165, 1.54) is 24.1 Å². The van der Waals surface area contributed by atoms with Gasteiger partial charge in [-0.3, -0.25) is 4.98 Å². The largest absolute Gasteiger partial charge is 0.383 e. The summed E-state index contributed by atoms with van der Waals surface area (Å²) in [5, 5.41) is 3.53. The molecule has 1 aliphatic carbocycles. The van der Waals surface area contributed by atoms with E-state index < -0.39 is 0 Å². The van der Waals surface area contributed by atoms with E-state index in [4.69, 9.17) is 4.74 Å². The number of aromatic nitrogens is 1. The number of nitrogens with one attached hydrogen (secondary N) is 1. The second-order valence-corrected chi connectivity index (χ2v) is 4.57. The molecule has 1 aliphatic rings. The maximum atomic E-state index is 5.11. The van der Waals surface area contributed by atoms with E-state index in [9.17, 15) is 0 Å². The molecule has 0 spiro atoms. The van der Waals surface area contributed by atoms with Crippen molar-refractivity contribution in [3.63, 3.8) is 0 Å². The van der Waals surface area contributed by atoms with Gasteiger partial charge in [-0.2, -0.15) is 0 Å². The van der Waals surface area contributed by atoms with E-state index in [0.717, 1.165) is 25.7 Å². The molecular weight excluding hydrogens is 214 g/mol. The highest BCUT2D eigenvalue weighted by atomic mass is 16.5. The van der Waals surface area contributed by atoms with Crippen LogP contribution in [0.5, 0.6) is 0 Å². The fourth-order valence-electron chi connectivity index (χ4n) is 1.82. The highest BCUT2D eigenvalue weighted by Crippen LogP contribution is 2.22. The molecule has 4 nitrogen and oxygen atoms in total. The zero-order valence-electron chi connectivity index (χ0n) is 10.6. The third kappa shape index (κ3) is 3.68. The molecule has 1 heterocycles. The molecule has 4 heteroatoms. The van der Waals surface area contributed by atoms with Gasteiger partial charge in [0.25, 0.3) is 0 Å². The van der Waals surface area contributed by atoms with Crippen LogP contribution < -0.4 is 10.2 Å². The van der Waals surface area contributed by atoms with Gasteiger partial charge in [0, 0.05) is 56.9 Å². The Morgan fingerprint density at radius 2 is 2.35 bits per heavy atom. The van der Waals surface area contributed by atoms with Crippen molar-refractivity contribution in [1.82, 2.24) is 10.3 Å². The van der Waals surface area contributed by atoms with Crippen molar-refractivity contribution >= 4 is 5.69 Å². The van der Waals surface area contributed by atoms with Gasteiger partial charge < -0.3 is 15.0 Å². The molecule has 0 unspecified atom stereocenters. The zero-order chi connectivity index (χ0) is 12.1. The van der Waals surface area contributed by atoms with E-state index in [1.807, 2.05) is 12.4 Å². The zero-order valence-corrected chi connectivity index (χ0v) is 10.6. The summed E-state index contributed by atoms with van der Waals surface area (Å²) in [6, 6.07) is 2.80. The van der Waals surface area contributed by atoms with E-state index in [0.29, 0.717) is 0 Å². The summed E-state index contributed by atoms with van der Waals surface area (Å²) in [7, 11) is 3.82. The number of methoxy groups -OCH3 is 1. The number of likely N-dealkylation sites (N-methyl/N-ethyl adjacent to an activating group) is 1. The lowest BCUT2D eigenvalue weighted by Crippen LogP contribution is -2.25. The highest BCUT2D eigenvalue weighted by Gasteiger charge is 2.20. The first-order valence-electron chi connectivity index (χ1n) is 6.17. The van der Waals surface area contributed by atoms with Crippen LogP contribution in [0.4, 0.5) is 5.69 Å². The number of rotatable bonds is 7. The summed E-state index contributed by atoms with van der Waals surface area (Å²) >= 11 is 0. The number of ether oxygens (including phenoxy) is 1. The van der Waals surface area contributed by atoms with Gasteiger partial charge in [0.2, 0.25) is 0 Å². The topological polar surface area (TPSA) is 37.4 Å². The molecule has 1 fully saturated rings. The Balaban J connectivity index is 1.97. The van der Waals surface area contributed by atoms with Crippen molar-refractivity contribution in [3.8, 4) is 0 Å². The predicted octanol–water partition coefficient (Wildman–Crippen LogP) is 1.42. The van der Waals surface area contributed by atoms with E-state index in [1.54, 1.807) is 7.11 Å². The molecular formula is C13H21N3O. The van der Waals surface area contributed by atoms with E-state index in [2.05, 4.69) is 28.3 Å². The normalized spacial score (nSPS) is 14.9. The lowest BCUT2D eigenvalue weighted by atomic mass is 10.2. The summed E-state index contributed by atoms with van der Waals surface area (Å²) in [6.07, 6.45) is 6.43. The van der Waals surface area contributed by atoms with Crippen molar-refractivity contribution in [1.29, 1.82) is 0 Å². The van der Waals surface area contributed by atoms with Crippen molar-refractivity contribution in [2.75, 3.05) is 32.2 Å². The Labute approximate surface area is 103 Å². The Kier molecular flexibility index (Phi) is 4.34. The minimum absolute atomic E-state index is 0.729. The molecule has 1 N–H and O–H groups in total. The average molecular weight is 235 g/mol. The van der Waals surface area contributed by atoms with Crippen molar-refractivity contribution in [2.45, 2.75) is 25.4 Å². The number of nitrogens with zero attached hydrogens (tertiary/aromatic N) is 2. The second-order valence-electron chi connectivity index (χ2n) is 4.57. The quantitative estimate of drug-likeness (QED) is 0.775. The molecule has 94 valence electrons. The summed E-state index contributed by atoms with van der Waals surface area (Å²) in [6.45, 7) is 2.55. The Morgan fingerprint density at radius 3 is 3.06 bits per heavy atom. The molecule has 0 radical (unpaired) electrons. The number of pyridine rings is 1. The van der Waals surface area contributed by atoms with Gasteiger partial charge in [-0.05, 0) is 18.9 Å². The minimum Gasteiger partial charge on any atom is -0.383 e. The van der Waals surface area contributed by atoms with Crippen LogP contribution in [0.1, 0.15) is 18.4 Å². The smallest absolute Gasteiger partial charge is 0.0637 e. The molecule has 0 atom stereocenters. The first-order valence-corrected chi connectivity index (χ1v) is 6.17. The fourth-order valence-corrected chi connectivity index (χ4v) is 1.82. The molecule has 0 amide bonds. The molecule has 1 aromatic heterocycles. The predicted molar refractivity (Wildman–Crippen MR) is 69.2 cm³/mol. The number of hydrogen-bond acceptors (Lipinski definition) is 4.